The molecule has 0 saturated heterocycles. The lowest BCUT2D eigenvalue weighted by Crippen LogP contribution is -2.34. The number of benzene rings is 1. The molecule has 106 valence electrons. The molecular formula is C15H24N2O2. The smallest absolute Gasteiger partial charge is 0.319 e. The molecule has 1 aromatic carbocycles. The van der Waals surface area contributed by atoms with Crippen molar-refractivity contribution in [1.82, 2.24) is 5.32 Å². The lowest BCUT2D eigenvalue weighted by molar-refractivity contribution is 0.250. The van der Waals surface area contributed by atoms with E-state index in [0.29, 0.717) is 11.4 Å². The minimum Gasteiger partial charge on any atom is -0.495 e. The summed E-state index contributed by atoms with van der Waals surface area (Å²) in [5.74, 6) is 0.659. The first-order valence-corrected chi connectivity index (χ1v) is 6.50. The molecule has 4 nitrogen and oxygen atoms in total. The van der Waals surface area contributed by atoms with E-state index in [1.165, 1.54) is 0 Å². The van der Waals surface area contributed by atoms with Crippen LogP contribution in [0.5, 0.6) is 5.75 Å². The lowest BCUT2D eigenvalue weighted by Gasteiger charge is -2.21. The van der Waals surface area contributed by atoms with Crippen LogP contribution in [0.1, 0.15) is 40.2 Å². The minimum atomic E-state index is -0.223. The van der Waals surface area contributed by atoms with Gasteiger partial charge in [0.25, 0.3) is 0 Å². The lowest BCUT2D eigenvalue weighted by atomic mass is 9.87. The van der Waals surface area contributed by atoms with Crippen molar-refractivity contribution in [2.45, 2.75) is 46.1 Å². The summed E-state index contributed by atoms with van der Waals surface area (Å²) < 4.78 is 5.28. The number of ether oxygens (including phenoxy) is 1. The van der Waals surface area contributed by atoms with Crippen LogP contribution in [0.15, 0.2) is 18.2 Å². The average Bonchev–Trinajstić information content (AvgIpc) is 2.26. The third kappa shape index (κ3) is 4.47. The van der Waals surface area contributed by atoms with Crippen molar-refractivity contribution in [2.75, 3.05) is 12.4 Å². The maximum absolute atomic E-state index is 11.8. The second kappa shape index (κ2) is 5.95. The number of hydrogen-bond acceptors (Lipinski definition) is 2. The van der Waals surface area contributed by atoms with Crippen LogP contribution in [0.25, 0.3) is 0 Å². The second-order valence-electron chi connectivity index (χ2n) is 5.92. The van der Waals surface area contributed by atoms with E-state index in [0.717, 1.165) is 5.56 Å². The maximum atomic E-state index is 11.8. The molecule has 4 heteroatoms. The molecular weight excluding hydrogens is 240 g/mol. The molecule has 0 aliphatic rings. The monoisotopic (exact) mass is 264 g/mol. The molecule has 2 amide bonds. The highest BCUT2D eigenvalue weighted by Gasteiger charge is 2.17. The molecule has 2 N–H and O–H groups in total. The molecule has 0 radical (unpaired) electrons. The predicted octanol–water partition coefficient (Wildman–Crippen LogP) is 3.52. The van der Waals surface area contributed by atoms with Gasteiger partial charge < -0.3 is 15.4 Å². The fourth-order valence-electron chi connectivity index (χ4n) is 1.69. The third-order valence-corrected chi connectivity index (χ3v) is 2.73. The van der Waals surface area contributed by atoms with Gasteiger partial charge in [-0.15, -0.1) is 0 Å². The van der Waals surface area contributed by atoms with Gasteiger partial charge in [0.1, 0.15) is 5.75 Å². The Labute approximate surface area is 115 Å². The maximum Gasteiger partial charge on any atom is 0.319 e. The number of hydrogen-bond donors (Lipinski definition) is 2. The molecule has 0 fully saturated rings. The number of carbonyl (C=O) groups excluding carboxylic acids is 1. The fourth-order valence-corrected chi connectivity index (χ4v) is 1.69. The molecule has 0 unspecified atom stereocenters. The van der Waals surface area contributed by atoms with E-state index < -0.39 is 0 Å². The summed E-state index contributed by atoms with van der Waals surface area (Å²) in [4.78, 5) is 11.8. The van der Waals surface area contributed by atoms with Crippen molar-refractivity contribution in [3.63, 3.8) is 0 Å². The molecule has 0 saturated carbocycles. The van der Waals surface area contributed by atoms with Gasteiger partial charge >= 0.3 is 6.03 Å². The van der Waals surface area contributed by atoms with Crippen LogP contribution in [-0.2, 0) is 5.41 Å². The van der Waals surface area contributed by atoms with Gasteiger partial charge in [0.15, 0.2) is 0 Å². The van der Waals surface area contributed by atoms with Crippen molar-refractivity contribution in [3.8, 4) is 5.75 Å². The van der Waals surface area contributed by atoms with Gasteiger partial charge in [-0.05, 0) is 37.0 Å². The summed E-state index contributed by atoms with van der Waals surface area (Å²) in [7, 11) is 1.59. The normalized spacial score (nSPS) is 11.3. The molecule has 0 heterocycles. The number of methoxy groups -OCH3 is 1. The van der Waals surface area contributed by atoms with E-state index >= 15 is 0 Å². The Kier molecular flexibility index (Phi) is 4.81. The standard InChI is InChI=1S/C15H24N2O2/c1-10(2)16-14(18)17-12-9-11(15(3,4)5)7-8-13(12)19-6/h7-10H,1-6H3,(H2,16,17,18). The third-order valence-electron chi connectivity index (χ3n) is 2.73. The first-order valence-electron chi connectivity index (χ1n) is 6.50. The van der Waals surface area contributed by atoms with Crippen LogP contribution in [0, 0.1) is 0 Å². The van der Waals surface area contributed by atoms with Gasteiger partial charge in [-0.1, -0.05) is 26.8 Å². The van der Waals surface area contributed by atoms with E-state index in [1.807, 2.05) is 32.0 Å². The Balaban J connectivity index is 3.00. The van der Waals surface area contributed by atoms with Crippen LogP contribution in [0.2, 0.25) is 0 Å². The van der Waals surface area contributed by atoms with Crippen LogP contribution >= 0.6 is 0 Å². The molecule has 0 aromatic heterocycles. The summed E-state index contributed by atoms with van der Waals surface area (Å²) in [6, 6.07) is 5.73. The largest absolute Gasteiger partial charge is 0.495 e. The predicted molar refractivity (Wildman–Crippen MR) is 79.0 cm³/mol. The van der Waals surface area contributed by atoms with Crippen molar-refractivity contribution in [1.29, 1.82) is 0 Å². The van der Waals surface area contributed by atoms with Gasteiger partial charge in [0.2, 0.25) is 0 Å². The molecule has 1 rings (SSSR count). The van der Waals surface area contributed by atoms with Gasteiger partial charge in [0.05, 0.1) is 12.8 Å². The van der Waals surface area contributed by atoms with E-state index in [2.05, 4.69) is 31.4 Å². The zero-order valence-electron chi connectivity index (χ0n) is 12.6. The van der Waals surface area contributed by atoms with Gasteiger partial charge in [-0.25, -0.2) is 4.79 Å². The first-order chi connectivity index (χ1) is 8.74. The summed E-state index contributed by atoms with van der Waals surface area (Å²) in [6.07, 6.45) is 0. The molecule has 0 aliphatic heterocycles. The first kappa shape index (κ1) is 15.3. The van der Waals surface area contributed by atoms with Crippen LogP contribution in [0.3, 0.4) is 0 Å². The molecule has 0 atom stereocenters. The van der Waals surface area contributed by atoms with Crippen molar-refractivity contribution in [2.24, 2.45) is 0 Å². The Morgan fingerprint density at radius 1 is 1.26 bits per heavy atom. The quantitative estimate of drug-likeness (QED) is 0.877. The Morgan fingerprint density at radius 2 is 1.89 bits per heavy atom. The highest BCUT2D eigenvalue weighted by atomic mass is 16.5. The minimum absolute atomic E-state index is 0.0250. The van der Waals surface area contributed by atoms with E-state index in [9.17, 15) is 4.79 Å². The Hall–Kier alpha value is -1.71. The molecule has 0 spiro atoms. The number of rotatable bonds is 3. The number of anilines is 1. The number of nitrogens with one attached hydrogen (secondary N) is 2. The summed E-state index contributed by atoms with van der Waals surface area (Å²) in [5.41, 5.74) is 1.86. The highest BCUT2D eigenvalue weighted by molar-refractivity contribution is 5.91. The fraction of sp³-hybridized carbons (Fsp3) is 0.533. The number of amides is 2. The van der Waals surface area contributed by atoms with Crippen LogP contribution in [0.4, 0.5) is 10.5 Å². The summed E-state index contributed by atoms with van der Waals surface area (Å²) >= 11 is 0. The zero-order chi connectivity index (χ0) is 14.6. The molecule has 0 aliphatic carbocycles. The molecule has 0 bridgehead atoms. The average molecular weight is 264 g/mol. The van der Waals surface area contributed by atoms with E-state index in [-0.39, 0.29) is 17.5 Å². The Bertz CT molecular complexity index is 448. The summed E-state index contributed by atoms with van der Waals surface area (Å²) in [6.45, 7) is 10.2. The van der Waals surface area contributed by atoms with Crippen molar-refractivity contribution >= 4 is 11.7 Å². The van der Waals surface area contributed by atoms with Crippen LogP contribution < -0.4 is 15.4 Å². The van der Waals surface area contributed by atoms with Gasteiger partial charge in [-0.2, -0.15) is 0 Å². The Morgan fingerprint density at radius 3 is 2.37 bits per heavy atom. The zero-order valence-corrected chi connectivity index (χ0v) is 12.6. The SMILES string of the molecule is COc1ccc(C(C)(C)C)cc1NC(=O)NC(C)C. The van der Waals surface area contributed by atoms with Crippen LogP contribution in [-0.4, -0.2) is 19.2 Å². The number of urea groups is 1. The number of carbonyl (C=O) groups is 1. The molecule has 1 aromatic rings. The van der Waals surface area contributed by atoms with Gasteiger partial charge in [0, 0.05) is 6.04 Å². The summed E-state index contributed by atoms with van der Waals surface area (Å²) in [5, 5.41) is 5.63. The van der Waals surface area contributed by atoms with Crippen molar-refractivity contribution < 1.29 is 9.53 Å². The van der Waals surface area contributed by atoms with E-state index in [1.54, 1.807) is 7.11 Å². The van der Waals surface area contributed by atoms with Gasteiger partial charge in [-0.3, -0.25) is 0 Å². The van der Waals surface area contributed by atoms with Crippen molar-refractivity contribution in [3.05, 3.63) is 23.8 Å². The highest BCUT2D eigenvalue weighted by Crippen LogP contribution is 2.31. The van der Waals surface area contributed by atoms with E-state index in [4.69, 9.17) is 4.74 Å². The molecule has 19 heavy (non-hydrogen) atoms. The second-order valence-corrected chi connectivity index (χ2v) is 5.92. The topological polar surface area (TPSA) is 50.4 Å².